The molecule has 1 aliphatic carbocycles. The van der Waals surface area contributed by atoms with Gasteiger partial charge in [0.2, 0.25) is 0 Å². The van der Waals surface area contributed by atoms with Crippen molar-refractivity contribution >= 4 is 5.97 Å². The number of hydrogen-bond acceptors (Lipinski definition) is 3. The Morgan fingerprint density at radius 3 is 2.75 bits per heavy atom. The molecule has 1 saturated carbocycles. The molecule has 1 rings (SSSR count). The van der Waals surface area contributed by atoms with Crippen LogP contribution < -0.4 is 0 Å². The molecule has 3 heteroatoms. The van der Waals surface area contributed by atoms with Crippen molar-refractivity contribution < 1.29 is 14.6 Å². The first-order valence-electron chi connectivity index (χ1n) is 6.33. The predicted molar refractivity (Wildman–Crippen MR) is 63.0 cm³/mol. The van der Waals surface area contributed by atoms with E-state index in [1.807, 2.05) is 6.92 Å². The lowest BCUT2D eigenvalue weighted by Gasteiger charge is -2.33. The van der Waals surface area contributed by atoms with Crippen molar-refractivity contribution in [3.05, 3.63) is 0 Å². The summed E-state index contributed by atoms with van der Waals surface area (Å²) < 4.78 is 4.79. The predicted octanol–water partition coefficient (Wildman–Crippen LogP) is 2.52. The molecule has 0 aliphatic heterocycles. The normalized spacial score (nSPS) is 32.9. The van der Waals surface area contributed by atoms with Gasteiger partial charge in [0.15, 0.2) is 0 Å². The van der Waals surface area contributed by atoms with Crippen LogP contribution in [0.25, 0.3) is 0 Å². The number of esters is 1. The number of ether oxygens (including phenoxy) is 1. The van der Waals surface area contributed by atoms with Gasteiger partial charge in [-0.05, 0) is 31.6 Å². The molecule has 3 nitrogen and oxygen atoms in total. The maximum absolute atomic E-state index is 11.7. The SMILES string of the molecule is CCC(C(=O)OC)C1(O)CCCC(C)CC1. The molecule has 94 valence electrons. The molecule has 1 N–H and O–H groups in total. The molecule has 0 spiro atoms. The van der Waals surface area contributed by atoms with E-state index in [1.165, 1.54) is 7.11 Å². The van der Waals surface area contributed by atoms with E-state index in [2.05, 4.69) is 6.92 Å². The summed E-state index contributed by atoms with van der Waals surface area (Å²) in [4.78, 5) is 11.7. The average Bonchev–Trinajstić information content (AvgIpc) is 2.42. The maximum atomic E-state index is 11.7. The molecule has 0 heterocycles. The Hall–Kier alpha value is -0.570. The molecular formula is C13H24O3. The molecule has 0 aromatic heterocycles. The van der Waals surface area contributed by atoms with Gasteiger partial charge in [-0.25, -0.2) is 0 Å². The zero-order valence-corrected chi connectivity index (χ0v) is 10.7. The molecule has 0 saturated heterocycles. The lowest BCUT2D eigenvalue weighted by molar-refractivity contribution is -0.157. The molecule has 0 aromatic rings. The second-order valence-electron chi connectivity index (χ2n) is 5.12. The smallest absolute Gasteiger partial charge is 0.311 e. The molecule has 3 atom stereocenters. The second-order valence-corrected chi connectivity index (χ2v) is 5.12. The zero-order chi connectivity index (χ0) is 12.2. The van der Waals surface area contributed by atoms with Gasteiger partial charge in [0.1, 0.15) is 0 Å². The standard InChI is InChI=1S/C13H24O3/c1-4-11(12(14)16-3)13(15)8-5-6-10(2)7-9-13/h10-11,15H,4-9H2,1-3H3. The van der Waals surface area contributed by atoms with Gasteiger partial charge in [-0.3, -0.25) is 4.79 Å². The minimum absolute atomic E-state index is 0.264. The Morgan fingerprint density at radius 1 is 1.50 bits per heavy atom. The topological polar surface area (TPSA) is 46.5 Å². The summed E-state index contributed by atoms with van der Waals surface area (Å²) in [6.07, 6.45) is 5.26. The van der Waals surface area contributed by atoms with E-state index >= 15 is 0 Å². The Morgan fingerprint density at radius 2 is 2.19 bits per heavy atom. The Bertz CT molecular complexity index is 239. The highest BCUT2D eigenvalue weighted by Gasteiger charge is 2.41. The summed E-state index contributed by atoms with van der Waals surface area (Å²) in [7, 11) is 1.40. The lowest BCUT2D eigenvalue weighted by Crippen LogP contribution is -2.42. The van der Waals surface area contributed by atoms with Crippen LogP contribution >= 0.6 is 0 Å². The van der Waals surface area contributed by atoms with E-state index in [9.17, 15) is 9.90 Å². The van der Waals surface area contributed by atoms with Crippen molar-refractivity contribution in [1.29, 1.82) is 0 Å². The van der Waals surface area contributed by atoms with E-state index < -0.39 is 5.60 Å². The maximum Gasteiger partial charge on any atom is 0.311 e. The fourth-order valence-corrected chi connectivity index (χ4v) is 2.78. The van der Waals surface area contributed by atoms with Gasteiger partial charge in [0.05, 0.1) is 18.6 Å². The molecule has 1 fully saturated rings. The number of hydrogen-bond donors (Lipinski definition) is 1. The fourth-order valence-electron chi connectivity index (χ4n) is 2.78. The first-order chi connectivity index (χ1) is 7.53. The summed E-state index contributed by atoms with van der Waals surface area (Å²) in [6.45, 7) is 4.15. The van der Waals surface area contributed by atoms with Crippen molar-refractivity contribution in [2.24, 2.45) is 11.8 Å². The van der Waals surface area contributed by atoms with Crippen LogP contribution in [-0.4, -0.2) is 23.8 Å². The lowest BCUT2D eigenvalue weighted by atomic mass is 9.79. The molecule has 0 amide bonds. The molecule has 0 bridgehead atoms. The van der Waals surface area contributed by atoms with Crippen LogP contribution in [0.1, 0.15) is 52.4 Å². The highest BCUT2D eigenvalue weighted by atomic mass is 16.5. The third-order valence-electron chi connectivity index (χ3n) is 3.92. The van der Waals surface area contributed by atoms with Crippen LogP contribution in [-0.2, 0) is 9.53 Å². The summed E-state index contributed by atoms with van der Waals surface area (Å²) >= 11 is 0. The quantitative estimate of drug-likeness (QED) is 0.596. The summed E-state index contributed by atoms with van der Waals surface area (Å²) in [5.41, 5.74) is -0.841. The minimum Gasteiger partial charge on any atom is -0.469 e. The largest absolute Gasteiger partial charge is 0.469 e. The molecule has 0 radical (unpaired) electrons. The zero-order valence-electron chi connectivity index (χ0n) is 10.7. The second kappa shape index (κ2) is 5.67. The third kappa shape index (κ3) is 2.97. The highest BCUT2D eigenvalue weighted by Crippen LogP contribution is 2.37. The van der Waals surface area contributed by atoms with E-state index in [-0.39, 0.29) is 11.9 Å². The molecule has 0 aromatic carbocycles. The molecule has 3 unspecified atom stereocenters. The minimum atomic E-state index is -0.841. The van der Waals surface area contributed by atoms with Crippen LogP contribution in [0.5, 0.6) is 0 Å². The van der Waals surface area contributed by atoms with Crippen LogP contribution in [0.15, 0.2) is 0 Å². The first kappa shape index (κ1) is 13.5. The van der Waals surface area contributed by atoms with Gasteiger partial charge in [0, 0.05) is 0 Å². The monoisotopic (exact) mass is 228 g/mol. The van der Waals surface area contributed by atoms with Gasteiger partial charge in [-0.15, -0.1) is 0 Å². The Kier molecular flexibility index (Phi) is 4.78. The number of rotatable bonds is 3. The van der Waals surface area contributed by atoms with Crippen molar-refractivity contribution in [2.75, 3.05) is 7.11 Å². The Balaban J connectivity index is 2.76. The van der Waals surface area contributed by atoms with Crippen molar-refractivity contribution in [3.63, 3.8) is 0 Å². The van der Waals surface area contributed by atoms with Crippen molar-refractivity contribution in [1.82, 2.24) is 0 Å². The van der Waals surface area contributed by atoms with E-state index in [4.69, 9.17) is 4.74 Å². The molecular weight excluding hydrogens is 204 g/mol. The first-order valence-corrected chi connectivity index (χ1v) is 6.33. The van der Waals surface area contributed by atoms with Crippen molar-refractivity contribution in [3.8, 4) is 0 Å². The van der Waals surface area contributed by atoms with Gasteiger partial charge in [-0.2, -0.15) is 0 Å². The summed E-state index contributed by atoms with van der Waals surface area (Å²) in [5.74, 6) is 0.0338. The number of carbonyl (C=O) groups is 1. The number of carbonyl (C=O) groups excluding carboxylic acids is 1. The third-order valence-corrected chi connectivity index (χ3v) is 3.92. The summed E-state index contributed by atoms with van der Waals surface area (Å²) in [6, 6.07) is 0. The van der Waals surface area contributed by atoms with Crippen LogP contribution in [0.3, 0.4) is 0 Å². The van der Waals surface area contributed by atoms with E-state index in [1.54, 1.807) is 0 Å². The summed E-state index contributed by atoms with van der Waals surface area (Å²) in [5, 5.41) is 10.6. The van der Waals surface area contributed by atoms with Crippen LogP contribution in [0.2, 0.25) is 0 Å². The van der Waals surface area contributed by atoms with E-state index in [0.29, 0.717) is 12.3 Å². The fraction of sp³-hybridized carbons (Fsp3) is 0.923. The van der Waals surface area contributed by atoms with Crippen LogP contribution in [0.4, 0.5) is 0 Å². The average molecular weight is 228 g/mol. The van der Waals surface area contributed by atoms with Gasteiger partial charge in [-0.1, -0.05) is 26.7 Å². The van der Waals surface area contributed by atoms with Crippen LogP contribution in [0, 0.1) is 11.8 Å². The molecule has 16 heavy (non-hydrogen) atoms. The highest BCUT2D eigenvalue weighted by molar-refractivity contribution is 5.73. The van der Waals surface area contributed by atoms with Crippen molar-refractivity contribution in [2.45, 2.75) is 58.0 Å². The van der Waals surface area contributed by atoms with Gasteiger partial charge < -0.3 is 9.84 Å². The molecule has 1 aliphatic rings. The number of methoxy groups -OCH3 is 1. The van der Waals surface area contributed by atoms with E-state index in [0.717, 1.165) is 32.1 Å². The Labute approximate surface area is 98.2 Å². The van der Waals surface area contributed by atoms with Gasteiger partial charge >= 0.3 is 5.97 Å². The van der Waals surface area contributed by atoms with Gasteiger partial charge in [0.25, 0.3) is 0 Å². The number of aliphatic hydroxyl groups is 1.